The minimum Gasteiger partial charge on any atom is -0.454 e. The van der Waals surface area contributed by atoms with Crippen molar-refractivity contribution in [1.29, 1.82) is 5.26 Å². The van der Waals surface area contributed by atoms with Gasteiger partial charge in [-0.25, -0.2) is 0 Å². The van der Waals surface area contributed by atoms with E-state index in [1.165, 1.54) is 4.90 Å². The molecule has 0 bridgehead atoms. The molecular formula is C18H19N3O4S2. The fraction of sp³-hybridized carbons (Fsp3) is 0.500. The molecule has 142 valence electrons. The van der Waals surface area contributed by atoms with E-state index in [9.17, 15) is 14.9 Å². The monoisotopic (exact) mass is 405 g/mol. The Hall–Kier alpha value is -2.05. The molecule has 0 N–H and O–H groups in total. The van der Waals surface area contributed by atoms with Gasteiger partial charge in [-0.2, -0.15) is 5.26 Å². The van der Waals surface area contributed by atoms with E-state index >= 15 is 0 Å². The Labute approximate surface area is 166 Å². The number of nitriles is 1. The Balaban J connectivity index is 1.91. The van der Waals surface area contributed by atoms with Gasteiger partial charge in [0.2, 0.25) is 12.7 Å². The van der Waals surface area contributed by atoms with E-state index in [1.807, 2.05) is 6.07 Å². The Morgan fingerprint density at radius 1 is 1.33 bits per heavy atom. The number of rotatable bonds is 2. The summed E-state index contributed by atoms with van der Waals surface area (Å²) in [5.74, 6) is 0.795. The fourth-order valence-electron chi connectivity index (χ4n) is 4.29. The highest BCUT2D eigenvalue weighted by molar-refractivity contribution is 8.69. The van der Waals surface area contributed by atoms with Gasteiger partial charge < -0.3 is 19.3 Å². The van der Waals surface area contributed by atoms with Crippen LogP contribution in [0.2, 0.25) is 0 Å². The van der Waals surface area contributed by atoms with Crippen molar-refractivity contribution in [2.45, 2.75) is 37.2 Å². The van der Waals surface area contributed by atoms with Gasteiger partial charge in [0.1, 0.15) is 6.04 Å². The molecule has 1 unspecified atom stereocenters. The van der Waals surface area contributed by atoms with Crippen molar-refractivity contribution in [3.05, 3.63) is 23.8 Å². The van der Waals surface area contributed by atoms with Crippen LogP contribution < -0.4 is 9.47 Å². The molecular weight excluding hydrogens is 386 g/mol. The van der Waals surface area contributed by atoms with Crippen LogP contribution in [0.4, 0.5) is 0 Å². The number of hydrogen-bond donors (Lipinski definition) is 1. The van der Waals surface area contributed by atoms with Gasteiger partial charge in [-0.3, -0.25) is 9.59 Å². The predicted octanol–water partition coefficient (Wildman–Crippen LogP) is 2.35. The maximum atomic E-state index is 13.3. The third-order valence-corrected chi connectivity index (χ3v) is 7.53. The second kappa shape index (κ2) is 5.97. The number of thiol groups is 1. The zero-order chi connectivity index (χ0) is 19.6. The molecule has 2 saturated heterocycles. The molecule has 4 atom stereocenters. The zero-order valence-electron chi connectivity index (χ0n) is 15.1. The zero-order valence-corrected chi connectivity index (χ0v) is 16.8. The number of ether oxygens (including phenoxy) is 2. The van der Waals surface area contributed by atoms with E-state index in [4.69, 9.17) is 9.47 Å². The quantitative estimate of drug-likeness (QED) is 0.601. The summed E-state index contributed by atoms with van der Waals surface area (Å²) in [7, 11) is 2.64. The van der Waals surface area contributed by atoms with Gasteiger partial charge >= 0.3 is 0 Å². The molecule has 0 spiro atoms. The Bertz CT molecular complexity index is 888. The predicted molar refractivity (Wildman–Crippen MR) is 102 cm³/mol. The van der Waals surface area contributed by atoms with Crippen LogP contribution in [-0.4, -0.2) is 46.4 Å². The average molecular weight is 406 g/mol. The van der Waals surface area contributed by atoms with Crippen LogP contribution in [0.3, 0.4) is 0 Å². The van der Waals surface area contributed by atoms with Crippen molar-refractivity contribution in [3.8, 4) is 17.6 Å². The van der Waals surface area contributed by atoms with Crippen LogP contribution >= 0.6 is 22.5 Å². The molecule has 3 aliphatic rings. The van der Waals surface area contributed by atoms with Gasteiger partial charge in [0.05, 0.1) is 17.5 Å². The summed E-state index contributed by atoms with van der Waals surface area (Å²) < 4.78 is 10.8. The summed E-state index contributed by atoms with van der Waals surface area (Å²) in [5.41, 5.74) is -0.218. The minimum atomic E-state index is -1.22. The Morgan fingerprint density at radius 2 is 2.04 bits per heavy atom. The summed E-state index contributed by atoms with van der Waals surface area (Å²) in [5, 5.41) is 10.0. The number of hydrogen-bond acceptors (Lipinski definition) is 7. The first kappa shape index (κ1) is 18.3. The molecule has 0 radical (unpaired) electrons. The smallest absolute Gasteiger partial charge is 0.260 e. The molecule has 27 heavy (non-hydrogen) atoms. The second-order valence-corrected chi connectivity index (χ2v) is 8.80. The summed E-state index contributed by atoms with van der Waals surface area (Å²) in [6, 6.07) is 6.55. The highest BCUT2D eigenvalue weighted by Crippen LogP contribution is 2.61. The third kappa shape index (κ3) is 2.29. The van der Waals surface area contributed by atoms with Gasteiger partial charge in [0.15, 0.2) is 16.4 Å². The molecule has 1 aromatic carbocycles. The van der Waals surface area contributed by atoms with Gasteiger partial charge in [-0.05, 0) is 31.5 Å². The second-order valence-electron chi connectivity index (χ2n) is 7.40. The maximum Gasteiger partial charge on any atom is 0.260 e. The maximum absolute atomic E-state index is 13.3. The molecule has 0 aliphatic carbocycles. The topological polar surface area (TPSA) is 82.9 Å². The number of fused-ring (bicyclic) bond motifs is 2. The highest BCUT2D eigenvalue weighted by Gasteiger charge is 2.67. The molecule has 2 amide bonds. The largest absolute Gasteiger partial charge is 0.454 e. The lowest BCUT2D eigenvalue weighted by atomic mass is 9.79. The lowest BCUT2D eigenvalue weighted by Crippen LogP contribution is -2.66. The van der Waals surface area contributed by atoms with Crippen molar-refractivity contribution < 1.29 is 19.1 Å². The lowest BCUT2D eigenvalue weighted by molar-refractivity contribution is -0.161. The first-order chi connectivity index (χ1) is 12.8. The molecule has 7 nitrogen and oxygen atoms in total. The first-order valence-corrected chi connectivity index (χ1v) is 10.4. The molecule has 3 heterocycles. The van der Waals surface area contributed by atoms with Crippen molar-refractivity contribution in [2.24, 2.45) is 5.41 Å². The van der Waals surface area contributed by atoms with Crippen LogP contribution in [0.1, 0.15) is 31.9 Å². The van der Waals surface area contributed by atoms with Crippen molar-refractivity contribution in [2.75, 3.05) is 13.8 Å². The summed E-state index contributed by atoms with van der Waals surface area (Å²) in [6.45, 7) is 3.63. The van der Waals surface area contributed by atoms with Gasteiger partial charge in [0.25, 0.3) is 5.91 Å². The lowest BCUT2D eigenvalue weighted by Gasteiger charge is -2.47. The van der Waals surface area contributed by atoms with Crippen LogP contribution in [-0.2, 0) is 9.59 Å². The SMILES string of the molecule is C[C@H]1C(=O)N2C(c3ccc4c(c3)OCO4)[C@](C)(C#N)C[C@@]2(SS)C(=O)N1C. The number of piperazine rings is 1. The number of likely N-dealkylation sites (N-methyl/N-ethyl adjacent to an activating group) is 1. The number of benzene rings is 1. The molecule has 4 rings (SSSR count). The van der Waals surface area contributed by atoms with Gasteiger partial charge in [0, 0.05) is 13.5 Å². The Kier molecular flexibility index (Phi) is 4.05. The number of carbonyl (C=O) groups is 2. The Morgan fingerprint density at radius 3 is 2.70 bits per heavy atom. The molecule has 2 fully saturated rings. The van der Waals surface area contributed by atoms with Crippen LogP contribution in [0.15, 0.2) is 18.2 Å². The van der Waals surface area contributed by atoms with E-state index < -0.39 is 22.4 Å². The number of amides is 2. The van der Waals surface area contributed by atoms with Gasteiger partial charge in [-0.15, -0.1) is 11.7 Å². The fourth-order valence-corrected chi connectivity index (χ4v) is 5.85. The van der Waals surface area contributed by atoms with Crippen LogP contribution in [0.25, 0.3) is 0 Å². The normalized spacial score (nSPS) is 34.6. The minimum absolute atomic E-state index is 0.137. The first-order valence-electron chi connectivity index (χ1n) is 8.53. The highest BCUT2D eigenvalue weighted by atomic mass is 33.1. The molecule has 9 heteroatoms. The van der Waals surface area contributed by atoms with E-state index in [-0.39, 0.29) is 25.0 Å². The van der Waals surface area contributed by atoms with Crippen LogP contribution in [0, 0.1) is 16.7 Å². The average Bonchev–Trinajstić information content (AvgIpc) is 3.25. The van der Waals surface area contributed by atoms with E-state index in [0.29, 0.717) is 11.5 Å². The standard InChI is InChI=1S/C18H19N3O4S2/c1-10-15(22)21-14(11-4-5-12-13(6-11)25-9-24-12)17(2,8-19)7-18(21,27-26)16(23)20(10)3/h4-6,10,14,26H,7,9H2,1-3H3/t10-,14?,17-,18+/m0/s1. The molecule has 0 saturated carbocycles. The van der Waals surface area contributed by atoms with Gasteiger partial charge in [-0.1, -0.05) is 16.9 Å². The molecule has 1 aromatic rings. The van der Waals surface area contributed by atoms with Crippen LogP contribution in [0.5, 0.6) is 11.5 Å². The van der Waals surface area contributed by atoms with Crippen molar-refractivity contribution in [1.82, 2.24) is 9.80 Å². The van der Waals surface area contributed by atoms with E-state index in [1.54, 1.807) is 37.9 Å². The van der Waals surface area contributed by atoms with E-state index in [2.05, 4.69) is 17.7 Å². The molecule has 3 aliphatic heterocycles. The number of nitrogens with zero attached hydrogens (tertiary/aromatic N) is 3. The van der Waals surface area contributed by atoms with Crippen molar-refractivity contribution in [3.63, 3.8) is 0 Å². The third-order valence-electron chi connectivity index (χ3n) is 5.81. The van der Waals surface area contributed by atoms with Crippen molar-refractivity contribution >= 4 is 34.3 Å². The summed E-state index contributed by atoms with van der Waals surface area (Å²) >= 11 is 4.35. The summed E-state index contributed by atoms with van der Waals surface area (Å²) in [6.07, 6.45) is 0.200. The van der Waals surface area contributed by atoms with E-state index in [0.717, 1.165) is 16.4 Å². The number of carbonyl (C=O) groups excluding carboxylic acids is 2. The summed E-state index contributed by atoms with van der Waals surface area (Å²) in [4.78, 5) is 28.3. The molecule has 0 aromatic heterocycles.